The van der Waals surface area contributed by atoms with Gasteiger partial charge < -0.3 is 9.47 Å². The molecule has 0 spiro atoms. The van der Waals surface area contributed by atoms with E-state index in [0.717, 1.165) is 12.3 Å². The van der Waals surface area contributed by atoms with Crippen LogP contribution >= 0.6 is 0 Å². The van der Waals surface area contributed by atoms with Crippen LogP contribution in [-0.2, 0) is 14.3 Å². The van der Waals surface area contributed by atoms with E-state index in [2.05, 4.69) is 4.74 Å². The number of ketones is 1. The van der Waals surface area contributed by atoms with Gasteiger partial charge in [0.05, 0.1) is 18.5 Å². The molecule has 0 bridgehead atoms. The van der Waals surface area contributed by atoms with Crippen molar-refractivity contribution in [2.24, 2.45) is 0 Å². The fourth-order valence-corrected chi connectivity index (χ4v) is 1.05. The smallest absolute Gasteiger partial charge is 0.423 e. The first-order valence-electron chi connectivity index (χ1n) is 5.86. The van der Waals surface area contributed by atoms with E-state index in [1.807, 2.05) is 0 Å². The van der Waals surface area contributed by atoms with Crippen molar-refractivity contribution in [1.82, 2.24) is 0 Å². The predicted octanol–water partition coefficient (Wildman–Crippen LogP) is 3.78. The molecule has 0 aromatic rings. The van der Waals surface area contributed by atoms with E-state index in [9.17, 15) is 31.1 Å². The predicted molar refractivity (Wildman–Crippen MR) is 61.5 cm³/mol. The maximum atomic E-state index is 12.1. The van der Waals surface area contributed by atoms with E-state index in [1.54, 1.807) is 20.8 Å². The topological polar surface area (TPSA) is 35.5 Å². The minimum Gasteiger partial charge on any atom is -0.496 e. The van der Waals surface area contributed by atoms with Crippen molar-refractivity contribution in [3.05, 3.63) is 12.3 Å². The average Bonchev–Trinajstić information content (AvgIpc) is 2.18. The van der Waals surface area contributed by atoms with Crippen molar-refractivity contribution < 1.29 is 40.6 Å². The van der Waals surface area contributed by atoms with Gasteiger partial charge in [-0.05, 0) is 20.8 Å². The summed E-state index contributed by atoms with van der Waals surface area (Å²) in [6, 6.07) is 0. The van der Waals surface area contributed by atoms with Crippen LogP contribution in [0.5, 0.6) is 0 Å². The lowest BCUT2D eigenvalue weighted by atomic mass is 10.2. The molecule has 0 radical (unpaired) electrons. The summed E-state index contributed by atoms with van der Waals surface area (Å²) in [5, 5.41) is 0. The van der Waals surface area contributed by atoms with Gasteiger partial charge in [0.1, 0.15) is 0 Å². The molecule has 0 unspecified atom stereocenters. The Balaban J connectivity index is 4.31. The molecule has 0 aromatic carbocycles. The van der Waals surface area contributed by atoms with E-state index in [-0.39, 0.29) is 0 Å². The van der Waals surface area contributed by atoms with Gasteiger partial charge >= 0.3 is 12.4 Å². The lowest BCUT2D eigenvalue weighted by Crippen LogP contribution is -2.44. The molecule has 124 valence electrons. The van der Waals surface area contributed by atoms with E-state index in [1.165, 1.54) is 0 Å². The summed E-state index contributed by atoms with van der Waals surface area (Å²) in [7, 11) is 0. The molecule has 0 fully saturated rings. The Labute approximate surface area is 117 Å². The first kappa shape index (κ1) is 19.8. The second-order valence-electron chi connectivity index (χ2n) is 5.08. The SMILES string of the molecule is CC(C)(C)O/C=C/C(=O)CCOC(C(F)(F)F)C(F)(F)F. The molecule has 0 heterocycles. The van der Waals surface area contributed by atoms with Gasteiger partial charge in [-0.1, -0.05) is 0 Å². The van der Waals surface area contributed by atoms with Gasteiger partial charge in [-0.25, -0.2) is 0 Å². The number of alkyl halides is 6. The number of hydrogen-bond acceptors (Lipinski definition) is 3. The number of halogens is 6. The minimum atomic E-state index is -5.58. The molecule has 0 saturated carbocycles. The number of hydrogen-bond donors (Lipinski definition) is 0. The third kappa shape index (κ3) is 9.33. The largest absolute Gasteiger partial charge is 0.496 e. The van der Waals surface area contributed by atoms with Crippen LogP contribution in [0.1, 0.15) is 27.2 Å². The van der Waals surface area contributed by atoms with Crippen LogP contribution in [0.3, 0.4) is 0 Å². The highest BCUT2D eigenvalue weighted by atomic mass is 19.4. The molecule has 0 aliphatic heterocycles. The standard InChI is InChI=1S/C12H16F6O3/c1-10(2,3)21-7-5-8(19)4-6-20-9(11(13,14)15)12(16,17)18/h5,7,9H,4,6H2,1-3H3/b7-5+. The zero-order valence-corrected chi connectivity index (χ0v) is 11.6. The summed E-state index contributed by atoms with van der Waals surface area (Å²) in [6.07, 6.45) is -13.7. The van der Waals surface area contributed by atoms with Gasteiger partial charge in [-0.15, -0.1) is 0 Å². The third-order valence-corrected chi connectivity index (χ3v) is 1.90. The van der Waals surface area contributed by atoms with Crippen molar-refractivity contribution in [2.45, 2.75) is 51.2 Å². The molecule has 0 aromatic heterocycles. The van der Waals surface area contributed by atoms with Crippen LogP contribution in [0.15, 0.2) is 12.3 Å². The van der Waals surface area contributed by atoms with Gasteiger partial charge in [-0.3, -0.25) is 4.79 Å². The summed E-state index contributed by atoms with van der Waals surface area (Å²) < 4.78 is 81.4. The van der Waals surface area contributed by atoms with Gasteiger partial charge in [0.2, 0.25) is 6.10 Å². The first-order chi connectivity index (χ1) is 9.23. The van der Waals surface area contributed by atoms with E-state index in [0.29, 0.717) is 0 Å². The number of carbonyl (C=O) groups is 1. The van der Waals surface area contributed by atoms with Crippen molar-refractivity contribution >= 4 is 5.78 Å². The summed E-state index contributed by atoms with van der Waals surface area (Å²) >= 11 is 0. The monoisotopic (exact) mass is 322 g/mol. The maximum absolute atomic E-state index is 12.1. The fourth-order valence-electron chi connectivity index (χ4n) is 1.05. The van der Waals surface area contributed by atoms with Gasteiger partial charge in [0, 0.05) is 12.5 Å². The molecular formula is C12H16F6O3. The van der Waals surface area contributed by atoms with Crippen LogP contribution in [0, 0.1) is 0 Å². The zero-order chi connectivity index (χ0) is 16.9. The normalized spacial score (nSPS) is 14.0. The van der Waals surface area contributed by atoms with Crippen molar-refractivity contribution in [3.63, 3.8) is 0 Å². The Hall–Kier alpha value is -1.25. The summed E-state index contributed by atoms with van der Waals surface area (Å²) in [6.45, 7) is 4.09. The van der Waals surface area contributed by atoms with Crippen LogP contribution in [-0.4, -0.2) is 36.4 Å². The highest BCUT2D eigenvalue weighted by Gasteiger charge is 2.57. The van der Waals surface area contributed by atoms with Crippen molar-refractivity contribution in [3.8, 4) is 0 Å². The van der Waals surface area contributed by atoms with Crippen LogP contribution < -0.4 is 0 Å². The van der Waals surface area contributed by atoms with Crippen molar-refractivity contribution in [2.75, 3.05) is 6.61 Å². The Morgan fingerprint density at radius 2 is 1.52 bits per heavy atom. The Morgan fingerprint density at radius 1 is 1.05 bits per heavy atom. The summed E-state index contributed by atoms with van der Waals surface area (Å²) in [5.41, 5.74) is -0.565. The number of carbonyl (C=O) groups excluding carboxylic acids is 1. The Kier molecular flexibility index (Phi) is 6.72. The fraction of sp³-hybridized carbons (Fsp3) is 0.750. The van der Waals surface area contributed by atoms with Gasteiger partial charge in [0.15, 0.2) is 5.78 Å². The Morgan fingerprint density at radius 3 is 1.90 bits per heavy atom. The van der Waals surface area contributed by atoms with Crippen LogP contribution in [0.25, 0.3) is 0 Å². The van der Waals surface area contributed by atoms with Gasteiger partial charge in [0.25, 0.3) is 0 Å². The molecule has 0 aliphatic rings. The van der Waals surface area contributed by atoms with Crippen LogP contribution in [0.4, 0.5) is 26.3 Å². The average molecular weight is 322 g/mol. The number of rotatable bonds is 6. The third-order valence-electron chi connectivity index (χ3n) is 1.90. The maximum Gasteiger partial charge on any atom is 0.423 e. The lowest BCUT2D eigenvalue weighted by molar-refractivity contribution is -0.321. The molecule has 0 aliphatic carbocycles. The molecule has 9 heteroatoms. The van der Waals surface area contributed by atoms with E-state index in [4.69, 9.17) is 4.74 Å². The van der Waals surface area contributed by atoms with E-state index >= 15 is 0 Å². The molecule has 0 amide bonds. The van der Waals surface area contributed by atoms with Crippen LogP contribution in [0.2, 0.25) is 0 Å². The summed E-state index contributed by atoms with van der Waals surface area (Å²) in [5.74, 6) is -0.706. The molecule has 0 saturated heterocycles. The Bertz CT molecular complexity index is 351. The van der Waals surface area contributed by atoms with E-state index < -0.39 is 42.9 Å². The number of ether oxygens (including phenoxy) is 2. The summed E-state index contributed by atoms with van der Waals surface area (Å²) in [4.78, 5) is 11.2. The second kappa shape index (κ2) is 7.15. The molecular weight excluding hydrogens is 306 g/mol. The minimum absolute atomic E-state index is 0.565. The molecule has 3 nitrogen and oxygen atoms in total. The highest BCUT2D eigenvalue weighted by Crippen LogP contribution is 2.35. The molecule has 21 heavy (non-hydrogen) atoms. The second-order valence-corrected chi connectivity index (χ2v) is 5.08. The van der Waals surface area contributed by atoms with Crippen molar-refractivity contribution in [1.29, 1.82) is 0 Å². The first-order valence-corrected chi connectivity index (χ1v) is 5.86. The molecule has 0 N–H and O–H groups in total. The highest BCUT2D eigenvalue weighted by molar-refractivity contribution is 5.89. The zero-order valence-electron chi connectivity index (χ0n) is 11.6. The van der Waals surface area contributed by atoms with Gasteiger partial charge in [-0.2, -0.15) is 26.3 Å². The quantitative estimate of drug-likeness (QED) is 0.424. The molecule has 0 atom stereocenters. The molecule has 0 rings (SSSR count). The number of allylic oxidation sites excluding steroid dienone is 1. The lowest BCUT2D eigenvalue weighted by Gasteiger charge is -2.22.